The molecule has 0 unspecified atom stereocenters. The topological polar surface area (TPSA) is 122 Å². The number of nitrogens with one attached hydrogen (secondary N) is 2. The van der Waals surface area contributed by atoms with Crippen LogP contribution in [0, 0.1) is 5.41 Å². The fourth-order valence-corrected chi connectivity index (χ4v) is 6.19. The summed E-state index contributed by atoms with van der Waals surface area (Å²) in [5.41, 5.74) is 0.580. The highest BCUT2D eigenvalue weighted by atomic mass is 32.1. The number of rotatable bonds is 4. The van der Waals surface area contributed by atoms with Gasteiger partial charge >= 0.3 is 18.0 Å². The second-order valence-electron chi connectivity index (χ2n) is 8.72. The van der Waals surface area contributed by atoms with Gasteiger partial charge in [-0.25, -0.2) is 9.78 Å². The second-order valence-corrected chi connectivity index (χ2v) is 9.80. The summed E-state index contributed by atoms with van der Waals surface area (Å²) in [7, 11) is 3.05. The number of nitrogens with zero attached hydrogens (tertiary/aromatic N) is 4. The van der Waals surface area contributed by atoms with Gasteiger partial charge in [0.2, 0.25) is 0 Å². The number of carbonyl (C=O) groups excluding carboxylic acids is 2. The Morgan fingerprint density at radius 3 is 2.58 bits per heavy atom. The van der Waals surface area contributed by atoms with E-state index in [4.69, 9.17) is 14.2 Å². The Morgan fingerprint density at radius 1 is 1.16 bits per heavy atom. The van der Waals surface area contributed by atoms with Crippen molar-refractivity contribution < 1.29 is 18.8 Å². The molecule has 2 aromatic rings. The predicted octanol–water partition coefficient (Wildman–Crippen LogP) is 2.61. The fraction of sp³-hybridized carbons (Fsp3) is 0.650. The van der Waals surface area contributed by atoms with Crippen LogP contribution in [-0.2, 0) is 27.9 Å². The van der Waals surface area contributed by atoms with Crippen LogP contribution in [0.5, 0.6) is 0 Å². The predicted molar refractivity (Wildman–Crippen MR) is 113 cm³/mol. The molecule has 0 saturated heterocycles. The van der Waals surface area contributed by atoms with Crippen LogP contribution < -0.4 is 15.5 Å². The first kappa shape index (κ1) is 20.2. The molecule has 3 fully saturated rings. The Morgan fingerprint density at radius 2 is 1.90 bits per heavy atom. The minimum Gasteiger partial charge on any atom is -0.469 e. The van der Waals surface area contributed by atoms with Gasteiger partial charge in [-0.2, -0.15) is 4.98 Å². The first-order valence-electron chi connectivity index (χ1n) is 10.6. The van der Waals surface area contributed by atoms with Crippen molar-refractivity contribution in [3.05, 3.63) is 16.4 Å². The van der Waals surface area contributed by atoms with Gasteiger partial charge in [0, 0.05) is 30.3 Å². The number of anilines is 2. The molecule has 6 rings (SSSR count). The lowest BCUT2D eigenvalue weighted by molar-refractivity contribution is -0.160. The minimum absolute atomic E-state index is 0.0754. The third-order valence-electron chi connectivity index (χ3n) is 7.20. The molecule has 10 nitrogen and oxygen atoms in total. The number of ether oxygens (including phenoxy) is 1. The van der Waals surface area contributed by atoms with Gasteiger partial charge in [0.15, 0.2) is 11.0 Å². The molecule has 4 aliphatic rings. The van der Waals surface area contributed by atoms with E-state index in [0.29, 0.717) is 17.7 Å². The highest BCUT2D eigenvalue weighted by molar-refractivity contribution is 7.15. The van der Waals surface area contributed by atoms with E-state index in [1.54, 1.807) is 7.05 Å². The van der Waals surface area contributed by atoms with Gasteiger partial charge in [-0.1, -0.05) is 16.5 Å². The van der Waals surface area contributed by atoms with Crippen LogP contribution in [0.4, 0.5) is 15.9 Å². The maximum absolute atomic E-state index is 12.3. The van der Waals surface area contributed by atoms with Crippen molar-refractivity contribution in [2.24, 2.45) is 5.41 Å². The highest BCUT2D eigenvalue weighted by Gasteiger charge is 2.55. The summed E-state index contributed by atoms with van der Waals surface area (Å²) in [5, 5.41) is 10.2. The summed E-state index contributed by atoms with van der Waals surface area (Å²) >= 11 is 1.47. The molecule has 3 heterocycles. The smallest absolute Gasteiger partial charge is 0.324 e. The van der Waals surface area contributed by atoms with E-state index < -0.39 is 0 Å². The van der Waals surface area contributed by atoms with Crippen molar-refractivity contribution in [2.75, 3.05) is 30.9 Å². The zero-order chi connectivity index (χ0) is 21.6. The van der Waals surface area contributed by atoms with Gasteiger partial charge in [-0.3, -0.25) is 10.1 Å². The van der Waals surface area contributed by atoms with Gasteiger partial charge in [-0.15, -0.1) is 0 Å². The molecule has 31 heavy (non-hydrogen) atoms. The third kappa shape index (κ3) is 3.35. The monoisotopic (exact) mass is 446 g/mol. The van der Waals surface area contributed by atoms with Crippen molar-refractivity contribution in [3.8, 4) is 0 Å². The van der Waals surface area contributed by atoms with E-state index >= 15 is 0 Å². The first-order chi connectivity index (χ1) is 15.0. The summed E-state index contributed by atoms with van der Waals surface area (Å²) in [6, 6.07) is 0.250. The van der Waals surface area contributed by atoms with Crippen LogP contribution in [0.25, 0.3) is 0 Å². The lowest BCUT2D eigenvalue weighted by Crippen LogP contribution is -2.48. The number of carbonyl (C=O) groups is 2. The average molecular weight is 447 g/mol. The van der Waals surface area contributed by atoms with Crippen molar-refractivity contribution in [2.45, 2.75) is 56.9 Å². The number of urea groups is 1. The van der Waals surface area contributed by atoms with Crippen LogP contribution in [0.1, 0.15) is 54.9 Å². The molecule has 0 spiro atoms. The summed E-state index contributed by atoms with van der Waals surface area (Å²) in [6.45, 7) is 1.36. The standard InChI is InChI=1S/C20H26N6O4S/c1-21-16(28)24-17-22-12-3-10-26(11-13(12)31-17)18-23-14(25-30-18)19-4-7-20(8-5-19,9-6-19)15(27)29-2/h3-11H2,1-2H3,(H2,21,22,24,28). The van der Waals surface area contributed by atoms with E-state index in [-0.39, 0.29) is 22.8 Å². The Bertz CT molecular complexity index is 993. The van der Waals surface area contributed by atoms with Gasteiger partial charge in [0.1, 0.15) is 0 Å². The van der Waals surface area contributed by atoms with Crippen LogP contribution in [0.3, 0.4) is 0 Å². The Labute approximate surface area is 183 Å². The molecule has 1 aliphatic heterocycles. The number of amides is 2. The molecule has 0 radical (unpaired) electrons. The number of aromatic nitrogens is 3. The summed E-state index contributed by atoms with van der Waals surface area (Å²) in [5.74, 6) is 0.686. The Hall–Kier alpha value is -2.69. The molecule has 3 aliphatic carbocycles. The quantitative estimate of drug-likeness (QED) is 0.687. The molecular formula is C20H26N6O4S. The maximum atomic E-state index is 12.3. The minimum atomic E-state index is -0.321. The van der Waals surface area contributed by atoms with Crippen molar-refractivity contribution >= 4 is 34.5 Å². The molecule has 3 saturated carbocycles. The van der Waals surface area contributed by atoms with Crippen LogP contribution in [0.15, 0.2) is 4.52 Å². The molecule has 0 atom stereocenters. The lowest BCUT2D eigenvalue weighted by atomic mass is 9.53. The molecule has 0 aromatic carbocycles. The normalized spacial score (nSPS) is 27.0. The SMILES string of the molecule is CNC(=O)Nc1nc2c(s1)CN(c1nc(C34CCC(C(=O)OC)(CC3)CC4)no1)CC2. The second kappa shape index (κ2) is 7.47. The Kier molecular flexibility index (Phi) is 4.87. The zero-order valence-electron chi connectivity index (χ0n) is 17.7. The van der Waals surface area contributed by atoms with E-state index in [2.05, 4.69) is 25.7 Å². The number of hydrogen-bond acceptors (Lipinski definition) is 9. The third-order valence-corrected chi connectivity index (χ3v) is 8.20. The molecule has 2 bridgehead atoms. The van der Waals surface area contributed by atoms with Gasteiger partial charge in [0.05, 0.1) is 24.8 Å². The largest absolute Gasteiger partial charge is 0.469 e. The van der Waals surface area contributed by atoms with E-state index in [0.717, 1.165) is 67.9 Å². The van der Waals surface area contributed by atoms with Crippen molar-refractivity contribution in [1.82, 2.24) is 20.4 Å². The molecule has 2 aromatic heterocycles. The van der Waals surface area contributed by atoms with Crippen LogP contribution in [0.2, 0.25) is 0 Å². The molecular weight excluding hydrogens is 420 g/mol. The fourth-order valence-electron chi connectivity index (χ4n) is 5.17. The number of fused-ring (bicyclic) bond motifs is 4. The van der Waals surface area contributed by atoms with Crippen molar-refractivity contribution in [1.29, 1.82) is 0 Å². The van der Waals surface area contributed by atoms with Gasteiger partial charge < -0.3 is 19.5 Å². The number of esters is 1. The van der Waals surface area contributed by atoms with E-state index in [9.17, 15) is 9.59 Å². The number of hydrogen-bond donors (Lipinski definition) is 2. The summed E-state index contributed by atoms with van der Waals surface area (Å²) in [4.78, 5) is 36.3. The van der Waals surface area contributed by atoms with Crippen LogP contribution >= 0.6 is 11.3 Å². The van der Waals surface area contributed by atoms with Crippen molar-refractivity contribution in [3.63, 3.8) is 0 Å². The number of methoxy groups -OCH3 is 1. The summed E-state index contributed by atoms with van der Waals surface area (Å²) < 4.78 is 10.7. The first-order valence-corrected chi connectivity index (χ1v) is 11.4. The van der Waals surface area contributed by atoms with Crippen LogP contribution in [-0.4, -0.2) is 47.8 Å². The zero-order valence-corrected chi connectivity index (χ0v) is 18.5. The Balaban J connectivity index is 1.29. The number of thiazole rings is 1. The lowest BCUT2D eigenvalue weighted by Gasteiger charge is -2.50. The average Bonchev–Trinajstić information content (AvgIpc) is 3.46. The van der Waals surface area contributed by atoms with Gasteiger partial charge in [0.25, 0.3) is 0 Å². The maximum Gasteiger partial charge on any atom is 0.324 e. The van der Waals surface area contributed by atoms with E-state index in [1.165, 1.54) is 18.4 Å². The molecule has 166 valence electrons. The highest BCUT2D eigenvalue weighted by Crippen LogP contribution is 2.57. The molecule has 2 N–H and O–H groups in total. The van der Waals surface area contributed by atoms with E-state index in [1.807, 2.05) is 0 Å². The molecule has 11 heteroatoms. The summed E-state index contributed by atoms with van der Waals surface area (Å²) in [6.07, 6.45) is 5.86. The molecule has 2 amide bonds. The van der Waals surface area contributed by atoms with Gasteiger partial charge in [-0.05, 0) is 38.5 Å².